The van der Waals surface area contributed by atoms with Crippen molar-refractivity contribution in [1.82, 2.24) is 20.1 Å². The minimum Gasteiger partial charge on any atom is -0.350 e. The summed E-state index contributed by atoms with van der Waals surface area (Å²) in [5, 5.41) is 6.22. The van der Waals surface area contributed by atoms with Crippen molar-refractivity contribution in [2.24, 2.45) is 12.8 Å². The largest absolute Gasteiger partial charge is 0.350 e. The molecule has 0 spiro atoms. The number of nitrogens with zero attached hydrogens (tertiary/aromatic N) is 2. The number of carbonyl (C=O) groups is 1. The van der Waals surface area contributed by atoms with Crippen LogP contribution in [0, 0.1) is 13.8 Å². The molecule has 0 fully saturated rings. The number of aromatic amines is 1. The van der Waals surface area contributed by atoms with Gasteiger partial charge >= 0.3 is 0 Å². The third-order valence-electron chi connectivity index (χ3n) is 4.17. The topological polar surface area (TPSA) is 106 Å². The van der Waals surface area contributed by atoms with Crippen LogP contribution < -0.4 is 16.6 Å². The Hall–Kier alpha value is -1.57. The van der Waals surface area contributed by atoms with Gasteiger partial charge in [0, 0.05) is 31.2 Å². The van der Waals surface area contributed by atoms with E-state index < -0.39 is 5.54 Å². The van der Waals surface area contributed by atoms with E-state index in [9.17, 15) is 9.59 Å². The van der Waals surface area contributed by atoms with Crippen molar-refractivity contribution >= 4 is 41.8 Å². The second-order valence-corrected chi connectivity index (χ2v) is 6.64. The molecule has 9 heteroatoms. The molecule has 0 aliphatic heterocycles. The zero-order valence-electron chi connectivity index (χ0n) is 15.2. The third-order valence-corrected chi connectivity index (χ3v) is 4.17. The van der Waals surface area contributed by atoms with Crippen LogP contribution >= 0.6 is 24.8 Å². The summed E-state index contributed by atoms with van der Waals surface area (Å²) in [5.74, 6) is -0.0543. The van der Waals surface area contributed by atoms with Crippen molar-refractivity contribution in [3.63, 3.8) is 0 Å². The molecule has 0 aromatic carbocycles. The summed E-state index contributed by atoms with van der Waals surface area (Å²) in [6.07, 6.45) is 0.879. The van der Waals surface area contributed by atoms with Crippen molar-refractivity contribution in [2.75, 3.05) is 6.54 Å². The first-order valence-corrected chi connectivity index (χ1v) is 7.72. The average Bonchev–Trinajstić information content (AvgIpc) is 2.72. The lowest BCUT2D eigenvalue weighted by molar-refractivity contribution is -0.122. The zero-order valence-corrected chi connectivity index (χ0v) is 16.9. The quantitative estimate of drug-likeness (QED) is 0.717. The van der Waals surface area contributed by atoms with Gasteiger partial charge in [0.15, 0.2) is 5.65 Å². The molecule has 25 heavy (non-hydrogen) atoms. The molecule has 0 saturated heterocycles. The molecule has 2 aromatic heterocycles. The van der Waals surface area contributed by atoms with Gasteiger partial charge in [-0.3, -0.25) is 19.4 Å². The molecule has 4 N–H and O–H groups in total. The van der Waals surface area contributed by atoms with Crippen molar-refractivity contribution < 1.29 is 4.79 Å². The highest BCUT2D eigenvalue weighted by Crippen LogP contribution is 2.21. The fraction of sp³-hybridized carbons (Fsp3) is 0.562. The first kappa shape index (κ1) is 23.4. The van der Waals surface area contributed by atoms with Crippen molar-refractivity contribution in [3.05, 3.63) is 27.2 Å². The molecule has 0 radical (unpaired) electrons. The standard InChI is InChI=1S/C16H25N5O2.2ClH/c1-9-11(6-7-12(22)19-16(3,4)8-17)10(2)18-14-13(9)15(23)20-21(14)5;;/h6-8,17H2,1-5H3,(H,19,22)(H,20,23);2*1H. The van der Waals surface area contributed by atoms with Gasteiger partial charge < -0.3 is 11.1 Å². The molecule has 2 rings (SSSR count). The number of hydrogen-bond acceptors (Lipinski definition) is 4. The maximum Gasteiger partial charge on any atom is 0.273 e. The SMILES string of the molecule is Cc1nc2c(c(C)c1CCC(=O)NC(C)(C)CN)c(=O)[nH]n2C.Cl.Cl. The lowest BCUT2D eigenvalue weighted by atomic mass is 9.99. The Morgan fingerprint density at radius 3 is 2.48 bits per heavy atom. The van der Waals surface area contributed by atoms with Crippen LogP contribution in [-0.2, 0) is 18.3 Å². The number of amides is 1. The second-order valence-electron chi connectivity index (χ2n) is 6.64. The van der Waals surface area contributed by atoms with Gasteiger partial charge in [-0.25, -0.2) is 4.98 Å². The Bertz CT molecular complexity index is 811. The number of H-pyrrole nitrogens is 1. The molecule has 0 aliphatic rings. The molecule has 0 atom stereocenters. The lowest BCUT2D eigenvalue weighted by Gasteiger charge is -2.24. The lowest BCUT2D eigenvalue weighted by Crippen LogP contribution is -2.48. The second kappa shape index (κ2) is 8.69. The minimum atomic E-state index is -0.417. The van der Waals surface area contributed by atoms with Crippen LogP contribution in [0.1, 0.15) is 37.1 Å². The first-order valence-electron chi connectivity index (χ1n) is 7.72. The Kier molecular flexibility index (Phi) is 8.14. The number of nitrogens with one attached hydrogen (secondary N) is 2. The number of fused-ring (bicyclic) bond motifs is 1. The van der Waals surface area contributed by atoms with Gasteiger partial charge in [0.05, 0.1) is 5.39 Å². The van der Waals surface area contributed by atoms with Crippen LogP contribution in [0.3, 0.4) is 0 Å². The number of aryl methyl sites for hydroxylation is 3. The van der Waals surface area contributed by atoms with Crippen LogP contribution in [0.25, 0.3) is 11.0 Å². The third kappa shape index (κ3) is 4.96. The average molecular weight is 392 g/mol. The fourth-order valence-electron chi connectivity index (χ4n) is 2.75. The highest BCUT2D eigenvalue weighted by Gasteiger charge is 2.20. The highest BCUT2D eigenvalue weighted by atomic mass is 35.5. The molecule has 0 aliphatic carbocycles. The van der Waals surface area contributed by atoms with E-state index in [1.165, 1.54) is 0 Å². The van der Waals surface area contributed by atoms with E-state index >= 15 is 0 Å². The minimum absolute atomic E-state index is 0. The van der Waals surface area contributed by atoms with E-state index in [2.05, 4.69) is 15.4 Å². The van der Waals surface area contributed by atoms with E-state index in [1.807, 2.05) is 27.7 Å². The van der Waals surface area contributed by atoms with Gasteiger partial charge in [-0.15, -0.1) is 24.8 Å². The number of hydrogen-bond donors (Lipinski definition) is 3. The van der Waals surface area contributed by atoms with Crippen LogP contribution in [0.4, 0.5) is 0 Å². The summed E-state index contributed by atoms with van der Waals surface area (Å²) < 4.78 is 1.62. The van der Waals surface area contributed by atoms with Crippen LogP contribution in [0.2, 0.25) is 0 Å². The number of rotatable bonds is 5. The smallest absolute Gasteiger partial charge is 0.273 e. The molecular formula is C16H27Cl2N5O2. The predicted octanol–water partition coefficient (Wildman–Crippen LogP) is 1.51. The molecule has 2 heterocycles. The molecular weight excluding hydrogens is 365 g/mol. The van der Waals surface area contributed by atoms with Crippen molar-refractivity contribution in [2.45, 2.75) is 46.1 Å². The van der Waals surface area contributed by atoms with Gasteiger partial charge in [-0.1, -0.05) is 0 Å². The monoisotopic (exact) mass is 391 g/mol. The van der Waals surface area contributed by atoms with E-state index in [0.29, 0.717) is 30.4 Å². The van der Waals surface area contributed by atoms with Gasteiger partial charge in [0.2, 0.25) is 5.91 Å². The Balaban J connectivity index is 0.00000288. The van der Waals surface area contributed by atoms with E-state index in [1.54, 1.807) is 11.7 Å². The van der Waals surface area contributed by atoms with E-state index in [-0.39, 0.29) is 36.3 Å². The zero-order chi connectivity index (χ0) is 17.4. The van der Waals surface area contributed by atoms with Crippen LogP contribution in [0.15, 0.2) is 4.79 Å². The number of pyridine rings is 1. The predicted molar refractivity (Wildman–Crippen MR) is 105 cm³/mol. The number of nitrogens with two attached hydrogens (primary N) is 1. The Labute approximate surface area is 159 Å². The number of aromatic nitrogens is 3. The first-order chi connectivity index (χ1) is 10.7. The maximum atomic E-state index is 12.1. The summed E-state index contributed by atoms with van der Waals surface area (Å²) in [7, 11) is 1.76. The molecule has 142 valence electrons. The summed E-state index contributed by atoms with van der Waals surface area (Å²) in [4.78, 5) is 28.6. The van der Waals surface area contributed by atoms with E-state index in [0.717, 1.165) is 16.8 Å². The van der Waals surface area contributed by atoms with Crippen LogP contribution in [-0.4, -0.2) is 32.8 Å². The summed E-state index contributed by atoms with van der Waals surface area (Å²) in [6.45, 7) is 7.96. The maximum absolute atomic E-state index is 12.1. The molecule has 7 nitrogen and oxygen atoms in total. The molecule has 0 bridgehead atoms. The van der Waals surface area contributed by atoms with Gasteiger partial charge in [-0.05, 0) is 45.2 Å². The number of carbonyl (C=O) groups excluding carboxylic acids is 1. The Morgan fingerprint density at radius 1 is 1.32 bits per heavy atom. The highest BCUT2D eigenvalue weighted by molar-refractivity contribution is 5.85. The number of halogens is 2. The summed E-state index contributed by atoms with van der Waals surface area (Å²) in [5.41, 5.74) is 8.39. The molecule has 0 saturated carbocycles. The normalized spacial score (nSPS) is 11.0. The van der Waals surface area contributed by atoms with Crippen molar-refractivity contribution in [3.8, 4) is 0 Å². The molecule has 0 unspecified atom stereocenters. The summed E-state index contributed by atoms with van der Waals surface area (Å²) in [6, 6.07) is 0. The van der Waals surface area contributed by atoms with Gasteiger partial charge in [0.1, 0.15) is 0 Å². The van der Waals surface area contributed by atoms with Crippen molar-refractivity contribution in [1.29, 1.82) is 0 Å². The summed E-state index contributed by atoms with van der Waals surface area (Å²) >= 11 is 0. The van der Waals surface area contributed by atoms with Gasteiger partial charge in [-0.2, -0.15) is 0 Å². The molecule has 2 aromatic rings. The molecule has 1 amide bonds. The van der Waals surface area contributed by atoms with E-state index in [4.69, 9.17) is 5.73 Å². The van der Waals surface area contributed by atoms with Crippen LogP contribution in [0.5, 0.6) is 0 Å². The fourth-order valence-corrected chi connectivity index (χ4v) is 2.75. The van der Waals surface area contributed by atoms with Gasteiger partial charge in [0.25, 0.3) is 5.56 Å². The Morgan fingerprint density at radius 2 is 1.92 bits per heavy atom.